The fraction of sp³-hybridized carbons (Fsp3) is 1.00. The molecule has 0 saturated heterocycles. The van der Waals surface area contributed by atoms with E-state index in [1.807, 2.05) is 0 Å². The summed E-state index contributed by atoms with van der Waals surface area (Å²) in [7, 11) is 2.13. The van der Waals surface area contributed by atoms with Crippen molar-refractivity contribution in [2.24, 2.45) is 0 Å². The van der Waals surface area contributed by atoms with E-state index in [0.717, 1.165) is 45.9 Å². The highest BCUT2D eigenvalue weighted by Gasteiger charge is 1.95. The van der Waals surface area contributed by atoms with Gasteiger partial charge in [0.05, 0.1) is 19.8 Å². The molecule has 0 amide bonds. The first kappa shape index (κ1) is 13.9. The van der Waals surface area contributed by atoms with E-state index in [9.17, 15) is 0 Å². The second kappa shape index (κ2) is 11.0. The van der Waals surface area contributed by atoms with Crippen molar-refractivity contribution in [1.29, 1.82) is 0 Å². The molecule has 3 nitrogen and oxygen atoms in total. The van der Waals surface area contributed by atoms with E-state index in [1.54, 1.807) is 0 Å². The van der Waals surface area contributed by atoms with Crippen LogP contribution < -0.4 is 0 Å². The van der Waals surface area contributed by atoms with Gasteiger partial charge in [-0.15, -0.1) is 0 Å². The Bertz CT molecular complexity index is 109. The molecule has 0 atom stereocenters. The molecule has 0 aromatic rings. The Kier molecular flexibility index (Phi) is 10.9. The van der Waals surface area contributed by atoms with Gasteiger partial charge in [0, 0.05) is 13.2 Å². The summed E-state index contributed by atoms with van der Waals surface area (Å²) in [4.78, 5) is 2.28. The molecule has 0 saturated carbocycles. The maximum absolute atomic E-state index is 5.43. The highest BCUT2D eigenvalue weighted by Crippen LogP contribution is 1.87. The highest BCUT2D eigenvalue weighted by atomic mass is 16.5. The molecule has 14 heavy (non-hydrogen) atoms. The van der Waals surface area contributed by atoms with Crippen molar-refractivity contribution in [2.45, 2.75) is 26.7 Å². The molecule has 0 N–H and O–H groups in total. The van der Waals surface area contributed by atoms with Crippen LogP contribution in [-0.2, 0) is 9.47 Å². The summed E-state index contributed by atoms with van der Waals surface area (Å²) < 4.78 is 10.7. The van der Waals surface area contributed by atoms with Crippen LogP contribution in [0.4, 0.5) is 0 Å². The Hall–Kier alpha value is -0.120. The lowest BCUT2D eigenvalue weighted by atomic mass is 10.4. The Morgan fingerprint density at radius 1 is 0.786 bits per heavy atom. The average molecular weight is 203 g/mol. The second-order valence-electron chi connectivity index (χ2n) is 3.53. The summed E-state index contributed by atoms with van der Waals surface area (Å²) >= 11 is 0. The monoisotopic (exact) mass is 203 g/mol. The Labute approximate surface area is 88.4 Å². The lowest BCUT2D eigenvalue weighted by Crippen LogP contribution is -2.24. The lowest BCUT2D eigenvalue weighted by Gasteiger charge is -2.15. The molecule has 0 spiro atoms. The summed E-state index contributed by atoms with van der Waals surface area (Å²) in [5.74, 6) is 0. The van der Waals surface area contributed by atoms with Crippen LogP contribution in [0.2, 0.25) is 0 Å². The zero-order chi connectivity index (χ0) is 10.6. The molecule has 3 heteroatoms. The number of ether oxygens (including phenoxy) is 2. The molecule has 86 valence electrons. The minimum absolute atomic E-state index is 0.722. The molecule has 0 unspecified atom stereocenters. The largest absolute Gasteiger partial charge is 0.379 e. The van der Waals surface area contributed by atoms with Crippen LogP contribution in [-0.4, -0.2) is 51.5 Å². The van der Waals surface area contributed by atoms with Crippen LogP contribution >= 0.6 is 0 Å². The van der Waals surface area contributed by atoms with E-state index in [1.165, 1.54) is 6.42 Å². The number of likely N-dealkylation sites (N-methyl/N-ethyl adjacent to an activating group) is 1. The van der Waals surface area contributed by atoms with Crippen molar-refractivity contribution < 1.29 is 9.47 Å². The highest BCUT2D eigenvalue weighted by molar-refractivity contribution is 4.47. The maximum Gasteiger partial charge on any atom is 0.0701 e. The minimum Gasteiger partial charge on any atom is -0.379 e. The fourth-order valence-electron chi connectivity index (χ4n) is 1.18. The molecule has 0 aliphatic heterocycles. The molecule has 0 rings (SSSR count). The summed E-state index contributed by atoms with van der Waals surface area (Å²) in [6.07, 6.45) is 2.29. The third-order valence-electron chi connectivity index (χ3n) is 1.94. The van der Waals surface area contributed by atoms with E-state index in [0.29, 0.717) is 0 Å². The zero-order valence-electron chi connectivity index (χ0n) is 9.92. The molecule has 0 aromatic heterocycles. The molecular formula is C11H25NO2. The van der Waals surface area contributed by atoms with Crippen LogP contribution in [0.5, 0.6) is 0 Å². The number of hydrogen-bond donors (Lipinski definition) is 0. The predicted octanol–water partition coefficient (Wildman–Crippen LogP) is 1.77. The Morgan fingerprint density at radius 3 is 2.00 bits per heavy atom. The van der Waals surface area contributed by atoms with Crippen molar-refractivity contribution in [3.05, 3.63) is 0 Å². The Morgan fingerprint density at radius 2 is 1.43 bits per heavy atom. The smallest absolute Gasteiger partial charge is 0.0701 e. The second-order valence-corrected chi connectivity index (χ2v) is 3.53. The first-order valence-electron chi connectivity index (χ1n) is 5.65. The van der Waals surface area contributed by atoms with Crippen LogP contribution in [0, 0.1) is 0 Å². The van der Waals surface area contributed by atoms with Crippen LogP contribution in [0.1, 0.15) is 26.7 Å². The molecule has 0 radical (unpaired) electrons. The van der Waals surface area contributed by atoms with Gasteiger partial charge >= 0.3 is 0 Å². The maximum atomic E-state index is 5.43. The normalized spacial score (nSPS) is 11.1. The summed E-state index contributed by atoms with van der Waals surface area (Å²) in [5.41, 5.74) is 0. The van der Waals surface area contributed by atoms with Gasteiger partial charge in [0.2, 0.25) is 0 Å². The van der Waals surface area contributed by atoms with Gasteiger partial charge in [-0.25, -0.2) is 0 Å². The van der Waals surface area contributed by atoms with Crippen molar-refractivity contribution in [1.82, 2.24) is 4.90 Å². The van der Waals surface area contributed by atoms with Crippen LogP contribution in [0.3, 0.4) is 0 Å². The van der Waals surface area contributed by atoms with Crippen molar-refractivity contribution >= 4 is 0 Å². The molecule has 0 aliphatic rings. The van der Waals surface area contributed by atoms with Gasteiger partial charge in [0.15, 0.2) is 0 Å². The minimum atomic E-state index is 0.722. The quantitative estimate of drug-likeness (QED) is 0.505. The number of rotatable bonds is 10. The van der Waals surface area contributed by atoms with E-state index in [-0.39, 0.29) is 0 Å². The van der Waals surface area contributed by atoms with Crippen molar-refractivity contribution in [3.63, 3.8) is 0 Å². The SMILES string of the molecule is CCCOCCOCCN(C)CCC. The summed E-state index contributed by atoms with van der Waals surface area (Å²) in [5, 5.41) is 0. The van der Waals surface area contributed by atoms with Gasteiger partial charge in [-0.3, -0.25) is 0 Å². The van der Waals surface area contributed by atoms with Gasteiger partial charge < -0.3 is 14.4 Å². The van der Waals surface area contributed by atoms with Gasteiger partial charge in [-0.2, -0.15) is 0 Å². The van der Waals surface area contributed by atoms with Crippen LogP contribution in [0.15, 0.2) is 0 Å². The number of hydrogen-bond acceptors (Lipinski definition) is 3. The van der Waals surface area contributed by atoms with Gasteiger partial charge in [-0.05, 0) is 26.4 Å². The Balaban J connectivity index is 2.98. The lowest BCUT2D eigenvalue weighted by molar-refractivity contribution is 0.0411. The molecule has 0 bridgehead atoms. The first-order valence-corrected chi connectivity index (χ1v) is 5.65. The first-order chi connectivity index (χ1) is 6.81. The third kappa shape index (κ3) is 9.96. The predicted molar refractivity (Wildman–Crippen MR) is 59.7 cm³/mol. The molecular weight excluding hydrogens is 178 g/mol. The molecule has 0 heterocycles. The summed E-state index contributed by atoms with van der Waals surface area (Å²) in [6, 6.07) is 0. The third-order valence-corrected chi connectivity index (χ3v) is 1.94. The van der Waals surface area contributed by atoms with Crippen LogP contribution in [0.25, 0.3) is 0 Å². The summed E-state index contributed by atoms with van der Waals surface area (Å²) in [6.45, 7) is 9.57. The van der Waals surface area contributed by atoms with Crippen molar-refractivity contribution in [2.75, 3.05) is 46.6 Å². The van der Waals surface area contributed by atoms with E-state index < -0.39 is 0 Å². The van der Waals surface area contributed by atoms with Gasteiger partial charge in [0.1, 0.15) is 0 Å². The number of nitrogens with zero attached hydrogens (tertiary/aromatic N) is 1. The van der Waals surface area contributed by atoms with Gasteiger partial charge in [-0.1, -0.05) is 13.8 Å². The van der Waals surface area contributed by atoms with E-state index in [4.69, 9.17) is 9.47 Å². The van der Waals surface area contributed by atoms with E-state index in [2.05, 4.69) is 25.8 Å². The molecule has 0 aliphatic carbocycles. The molecule has 0 aromatic carbocycles. The average Bonchev–Trinajstić information content (AvgIpc) is 2.17. The fourth-order valence-corrected chi connectivity index (χ4v) is 1.18. The topological polar surface area (TPSA) is 21.7 Å². The standard InChI is InChI=1S/C11H25NO2/c1-4-6-12(3)7-9-14-11-10-13-8-5-2/h4-11H2,1-3H3. The van der Waals surface area contributed by atoms with Crippen molar-refractivity contribution in [3.8, 4) is 0 Å². The van der Waals surface area contributed by atoms with E-state index >= 15 is 0 Å². The molecule has 0 fully saturated rings. The van der Waals surface area contributed by atoms with Gasteiger partial charge in [0.25, 0.3) is 0 Å². The zero-order valence-corrected chi connectivity index (χ0v) is 9.92.